The molecule has 0 aliphatic carbocycles. The van der Waals surface area contributed by atoms with Gasteiger partial charge in [0.25, 0.3) is 0 Å². The molecule has 4 aromatic rings. The van der Waals surface area contributed by atoms with Gasteiger partial charge in [0, 0.05) is 55.4 Å². The maximum Gasteiger partial charge on any atom is 0.159 e. The van der Waals surface area contributed by atoms with E-state index < -0.39 is 0 Å². The van der Waals surface area contributed by atoms with E-state index in [1.54, 1.807) is 6.92 Å². The second kappa shape index (κ2) is 8.11. The van der Waals surface area contributed by atoms with Crippen LogP contribution in [0, 0.1) is 13.8 Å². The highest BCUT2D eigenvalue weighted by molar-refractivity contribution is 5.94. The van der Waals surface area contributed by atoms with Gasteiger partial charge in [-0.2, -0.15) is 5.10 Å². The fourth-order valence-corrected chi connectivity index (χ4v) is 4.47. The Morgan fingerprint density at radius 2 is 1.62 bits per heavy atom. The number of rotatable bonds is 4. The standard InChI is InChI=1S/C26H27N5O/c1-18-4-9-23(19(2)16-18)24-17-25-26(27-10-11-31(25)28-24)30-14-12-29(13-15-30)22-7-5-21(6-8-22)20(3)32/h4-11,16-17H,12-15H2,1-3H3. The molecule has 0 N–H and O–H groups in total. The summed E-state index contributed by atoms with van der Waals surface area (Å²) >= 11 is 0. The number of hydrogen-bond acceptors (Lipinski definition) is 5. The Kier molecular flexibility index (Phi) is 5.13. The minimum absolute atomic E-state index is 0.0987. The lowest BCUT2D eigenvalue weighted by atomic mass is 10.0. The monoisotopic (exact) mass is 425 g/mol. The minimum atomic E-state index is 0.0987. The lowest BCUT2D eigenvalue weighted by Crippen LogP contribution is -2.47. The third-order valence-electron chi connectivity index (χ3n) is 6.25. The topological polar surface area (TPSA) is 53.7 Å². The first kappa shape index (κ1) is 20.2. The van der Waals surface area contributed by atoms with Gasteiger partial charge in [0.1, 0.15) is 5.52 Å². The zero-order chi connectivity index (χ0) is 22.2. The van der Waals surface area contributed by atoms with E-state index in [1.807, 2.05) is 41.2 Å². The quantitative estimate of drug-likeness (QED) is 0.449. The zero-order valence-corrected chi connectivity index (χ0v) is 18.7. The average molecular weight is 426 g/mol. The molecule has 3 heterocycles. The summed E-state index contributed by atoms with van der Waals surface area (Å²) in [7, 11) is 0. The molecular weight excluding hydrogens is 398 g/mol. The molecule has 6 nitrogen and oxygen atoms in total. The smallest absolute Gasteiger partial charge is 0.159 e. The molecule has 0 saturated carbocycles. The van der Waals surface area contributed by atoms with Crippen LogP contribution < -0.4 is 9.80 Å². The fraction of sp³-hybridized carbons (Fsp3) is 0.269. The summed E-state index contributed by atoms with van der Waals surface area (Å²) in [5, 5.41) is 4.83. The normalized spacial score (nSPS) is 14.2. The fourth-order valence-electron chi connectivity index (χ4n) is 4.47. The second-order valence-corrected chi connectivity index (χ2v) is 8.51. The second-order valence-electron chi connectivity index (χ2n) is 8.51. The molecule has 2 aromatic heterocycles. The molecule has 1 aliphatic heterocycles. The number of Topliss-reactive ketones (excluding diaryl/α,β-unsaturated/α-hetero) is 1. The first-order valence-corrected chi connectivity index (χ1v) is 11.0. The van der Waals surface area contributed by atoms with Crippen molar-refractivity contribution in [1.29, 1.82) is 0 Å². The molecule has 32 heavy (non-hydrogen) atoms. The third-order valence-corrected chi connectivity index (χ3v) is 6.25. The van der Waals surface area contributed by atoms with E-state index >= 15 is 0 Å². The van der Waals surface area contributed by atoms with Crippen molar-refractivity contribution in [2.75, 3.05) is 36.0 Å². The van der Waals surface area contributed by atoms with Gasteiger partial charge in [-0.25, -0.2) is 9.50 Å². The number of carbonyl (C=O) groups is 1. The number of ketones is 1. The number of benzene rings is 2. The molecule has 0 atom stereocenters. The van der Waals surface area contributed by atoms with Gasteiger partial charge in [-0.05, 0) is 56.7 Å². The lowest BCUT2D eigenvalue weighted by Gasteiger charge is -2.36. The average Bonchev–Trinajstić information content (AvgIpc) is 3.23. The minimum Gasteiger partial charge on any atom is -0.368 e. The number of carbonyl (C=O) groups excluding carboxylic acids is 1. The zero-order valence-electron chi connectivity index (χ0n) is 18.7. The van der Waals surface area contributed by atoms with Gasteiger partial charge in [0.05, 0.1) is 5.69 Å². The molecule has 0 radical (unpaired) electrons. The first-order chi connectivity index (χ1) is 15.5. The molecule has 2 aromatic carbocycles. The van der Waals surface area contributed by atoms with Crippen molar-refractivity contribution in [3.8, 4) is 11.3 Å². The van der Waals surface area contributed by atoms with Gasteiger partial charge in [0.15, 0.2) is 11.6 Å². The SMILES string of the molecule is CC(=O)c1ccc(N2CCN(c3nccn4nc(-c5ccc(C)cc5C)cc34)CC2)cc1. The lowest BCUT2D eigenvalue weighted by molar-refractivity contribution is 0.101. The van der Waals surface area contributed by atoms with Gasteiger partial charge >= 0.3 is 0 Å². The Morgan fingerprint density at radius 1 is 0.906 bits per heavy atom. The first-order valence-electron chi connectivity index (χ1n) is 11.0. The van der Waals surface area contributed by atoms with Crippen molar-refractivity contribution >= 4 is 22.8 Å². The summed E-state index contributed by atoms with van der Waals surface area (Å²) in [4.78, 5) is 20.9. The van der Waals surface area contributed by atoms with Crippen molar-refractivity contribution in [2.24, 2.45) is 0 Å². The largest absolute Gasteiger partial charge is 0.368 e. The van der Waals surface area contributed by atoms with Crippen LogP contribution in [0.15, 0.2) is 60.9 Å². The van der Waals surface area contributed by atoms with Crippen LogP contribution in [0.5, 0.6) is 0 Å². The van der Waals surface area contributed by atoms with Crippen LogP contribution in [0.4, 0.5) is 11.5 Å². The predicted octanol–water partition coefficient (Wildman–Crippen LogP) is 4.54. The summed E-state index contributed by atoms with van der Waals surface area (Å²) in [5.74, 6) is 1.07. The number of piperazine rings is 1. The number of aromatic nitrogens is 3. The summed E-state index contributed by atoms with van der Waals surface area (Å²) in [6.07, 6.45) is 3.74. The maximum absolute atomic E-state index is 11.5. The van der Waals surface area contributed by atoms with E-state index in [0.717, 1.165) is 60.0 Å². The number of fused-ring (bicyclic) bond motifs is 1. The van der Waals surface area contributed by atoms with Crippen LogP contribution in [0.2, 0.25) is 0 Å². The van der Waals surface area contributed by atoms with Crippen LogP contribution in [-0.2, 0) is 0 Å². The molecule has 1 fully saturated rings. The van der Waals surface area contributed by atoms with Gasteiger partial charge in [0.2, 0.25) is 0 Å². The van der Waals surface area contributed by atoms with Crippen molar-refractivity contribution in [1.82, 2.24) is 14.6 Å². The number of hydrogen-bond donors (Lipinski definition) is 0. The molecule has 162 valence electrons. The molecule has 5 rings (SSSR count). The van der Waals surface area contributed by atoms with E-state index in [2.05, 4.69) is 47.9 Å². The molecule has 0 amide bonds. The summed E-state index contributed by atoms with van der Waals surface area (Å²) < 4.78 is 1.93. The van der Waals surface area contributed by atoms with Crippen LogP contribution in [-0.4, -0.2) is 46.6 Å². The van der Waals surface area contributed by atoms with Gasteiger partial charge in [-0.1, -0.05) is 23.8 Å². The number of nitrogens with zero attached hydrogens (tertiary/aromatic N) is 5. The van der Waals surface area contributed by atoms with Crippen LogP contribution in [0.1, 0.15) is 28.4 Å². The third kappa shape index (κ3) is 3.73. The number of anilines is 2. The van der Waals surface area contributed by atoms with Crippen molar-refractivity contribution < 1.29 is 4.79 Å². The molecule has 1 saturated heterocycles. The summed E-state index contributed by atoms with van der Waals surface area (Å²) in [5.41, 5.74) is 7.55. The van der Waals surface area contributed by atoms with Crippen LogP contribution in [0.25, 0.3) is 16.8 Å². The predicted molar refractivity (Wildman–Crippen MR) is 129 cm³/mol. The highest BCUT2D eigenvalue weighted by Gasteiger charge is 2.21. The van der Waals surface area contributed by atoms with E-state index in [-0.39, 0.29) is 5.78 Å². The van der Waals surface area contributed by atoms with E-state index in [9.17, 15) is 4.79 Å². The molecule has 0 unspecified atom stereocenters. The maximum atomic E-state index is 11.5. The summed E-state index contributed by atoms with van der Waals surface area (Å²) in [6, 6.07) is 16.5. The Bertz CT molecular complexity index is 1280. The van der Waals surface area contributed by atoms with E-state index in [4.69, 9.17) is 10.1 Å². The molecule has 6 heteroatoms. The van der Waals surface area contributed by atoms with Crippen LogP contribution >= 0.6 is 0 Å². The van der Waals surface area contributed by atoms with Crippen molar-refractivity contribution in [3.63, 3.8) is 0 Å². The van der Waals surface area contributed by atoms with E-state index in [0.29, 0.717) is 0 Å². The van der Waals surface area contributed by atoms with Crippen LogP contribution in [0.3, 0.4) is 0 Å². The summed E-state index contributed by atoms with van der Waals surface area (Å²) in [6.45, 7) is 9.41. The molecule has 1 aliphatic rings. The van der Waals surface area contributed by atoms with Gasteiger partial charge in [-0.15, -0.1) is 0 Å². The van der Waals surface area contributed by atoms with Gasteiger partial charge in [-0.3, -0.25) is 4.79 Å². The van der Waals surface area contributed by atoms with Crippen molar-refractivity contribution in [2.45, 2.75) is 20.8 Å². The molecule has 0 spiro atoms. The Balaban J connectivity index is 1.37. The highest BCUT2D eigenvalue weighted by Crippen LogP contribution is 2.28. The Labute approximate surface area is 188 Å². The molecular formula is C26H27N5O. The van der Waals surface area contributed by atoms with Gasteiger partial charge < -0.3 is 9.80 Å². The number of aryl methyl sites for hydroxylation is 2. The molecule has 0 bridgehead atoms. The Morgan fingerprint density at radius 3 is 2.31 bits per heavy atom. The van der Waals surface area contributed by atoms with E-state index in [1.165, 1.54) is 11.1 Å². The van der Waals surface area contributed by atoms with Crippen molar-refractivity contribution in [3.05, 3.63) is 77.6 Å². The Hall–Kier alpha value is -3.67. The highest BCUT2D eigenvalue weighted by atomic mass is 16.1.